The predicted molar refractivity (Wildman–Crippen MR) is 117 cm³/mol. The van der Waals surface area contributed by atoms with E-state index in [1.165, 1.54) is 0 Å². The number of benzene rings is 2. The minimum atomic E-state index is -0.549. The summed E-state index contributed by atoms with van der Waals surface area (Å²) in [7, 11) is 0. The molecule has 0 heterocycles. The zero-order valence-electron chi connectivity index (χ0n) is 17.2. The topological polar surface area (TPSA) is 49.4 Å². The molecule has 3 rings (SSSR count). The first-order valence-corrected chi connectivity index (χ1v) is 10.7. The van der Waals surface area contributed by atoms with Crippen molar-refractivity contribution in [2.24, 2.45) is 0 Å². The van der Waals surface area contributed by atoms with Crippen LogP contribution in [0.4, 0.5) is 0 Å². The van der Waals surface area contributed by atoms with Crippen LogP contribution < -0.4 is 5.32 Å². The summed E-state index contributed by atoms with van der Waals surface area (Å²) in [4.78, 5) is 27.7. The smallest absolute Gasteiger partial charge is 0.242 e. The number of nitrogens with zero attached hydrogens (tertiary/aromatic N) is 1. The molecule has 5 heteroatoms. The monoisotopic (exact) mass is 412 g/mol. The summed E-state index contributed by atoms with van der Waals surface area (Å²) in [5.41, 5.74) is 3.01. The Labute approximate surface area is 178 Å². The molecule has 1 saturated carbocycles. The van der Waals surface area contributed by atoms with E-state index >= 15 is 0 Å². The van der Waals surface area contributed by atoms with Crippen molar-refractivity contribution in [3.63, 3.8) is 0 Å². The Bertz CT molecular complexity index is 844. The van der Waals surface area contributed by atoms with Gasteiger partial charge in [0.1, 0.15) is 6.04 Å². The molecule has 0 aliphatic heterocycles. The number of aryl methyl sites for hydroxylation is 1. The highest BCUT2D eigenvalue weighted by molar-refractivity contribution is 6.30. The summed E-state index contributed by atoms with van der Waals surface area (Å²) >= 11 is 6.13. The van der Waals surface area contributed by atoms with Gasteiger partial charge >= 0.3 is 0 Å². The molecule has 1 unspecified atom stereocenters. The van der Waals surface area contributed by atoms with Gasteiger partial charge in [0, 0.05) is 17.6 Å². The van der Waals surface area contributed by atoms with E-state index < -0.39 is 6.04 Å². The molecule has 2 aromatic rings. The summed E-state index contributed by atoms with van der Waals surface area (Å²) < 4.78 is 0. The van der Waals surface area contributed by atoms with E-state index in [4.69, 9.17) is 11.6 Å². The molecule has 4 nitrogen and oxygen atoms in total. The van der Waals surface area contributed by atoms with Gasteiger partial charge in [0.05, 0.1) is 6.42 Å². The Hall–Kier alpha value is -2.33. The number of halogens is 1. The third kappa shape index (κ3) is 6.07. The van der Waals surface area contributed by atoms with E-state index in [2.05, 4.69) is 5.32 Å². The summed E-state index contributed by atoms with van der Waals surface area (Å²) in [5.74, 6) is -0.154. The average molecular weight is 413 g/mol. The Morgan fingerprint density at radius 3 is 2.45 bits per heavy atom. The molecule has 2 aromatic carbocycles. The second-order valence-electron chi connectivity index (χ2n) is 7.98. The van der Waals surface area contributed by atoms with Gasteiger partial charge in [-0.1, -0.05) is 66.4 Å². The van der Waals surface area contributed by atoms with Gasteiger partial charge < -0.3 is 10.2 Å². The number of rotatable bonds is 7. The Morgan fingerprint density at radius 1 is 1.10 bits per heavy atom. The second-order valence-corrected chi connectivity index (χ2v) is 8.42. The number of hydrogen-bond acceptors (Lipinski definition) is 2. The van der Waals surface area contributed by atoms with Crippen LogP contribution in [0.2, 0.25) is 5.02 Å². The summed E-state index contributed by atoms with van der Waals surface area (Å²) in [5, 5.41) is 3.75. The summed E-state index contributed by atoms with van der Waals surface area (Å²) in [6, 6.07) is 15.1. The third-order valence-electron chi connectivity index (χ3n) is 5.59. The number of hydrogen-bond donors (Lipinski definition) is 1. The molecule has 0 saturated heterocycles. The van der Waals surface area contributed by atoms with Crippen LogP contribution in [0, 0.1) is 6.92 Å². The highest BCUT2D eigenvalue weighted by Gasteiger charge is 2.28. The first-order valence-electron chi connectivity index (χ1n) is 10.3. The lowest BCUT2D eigenvalue weighted by molar-refractivity contribution is -0.140. The molecule has 1 aliphatic carbocycles. The van der Waals surface area contributed by atoms with Gasteiger partial charge in [0.15, 0.2) is 0 Å². The van der Waals surface area contributed by atoms with Crippen LogP contribution in [0.5, 0.6) is 0 Å². The molecular formula is C24H29ClN2O2. The van der Waals surface area contributed by atoms with E-state index in [1.54, 1.807) is 11.0 Å². The quantitative estimate of drug-likeness (QED) is 0.718. The van der Waals surface area contributed by atoms with Gasteiger partial charge in [-0.3, -0.25) is 9.59 Å². The minimum Gasteiger partial charge on any atom is -0.352 e. The van der Waals surface area contributed by atoms with E-state index in [9.17, 15) is 9.59 Å². The van der Waals surface area contributed by atoms with Gasteiger partial charge in [-0.25, -0.2) is 0 Å². The predicted octanol–water partition coefficient (Wildman–Crippen LogP) is 4.67. The van der Waals surface area contributed by atoms with Crippen LogP contribution in [-0.2, 0) is 22.6 Å². The third-order valence-corrected chi connectivity index (χ3v) is 5.82. The van der Waals surface area contributed by atoms with Crippen molar-refractivity contribution in [1.82, 2.24) is 10.2 Å². The molecule has 0 spiro atoms. The highest BCUT2D eigenvalue weighted by Crippen LogP contribution is 2.19. The van der Waals surface area contributed by atoms with Crippen molar-refractivity contribution >= 4 is 23.4 Å². The molecule has 1 atom stereocenters. The standard InChI is InChI=1S/C24H29ClN2O2/c1-17-10-12-19(13-11-17)15-23(28)27(16-20-6-5-7-21(25)14-20)18(2)24(29)26-22-8-3-4-9-22/h5-7,10-14,18,22H,3-4,8-9,15-16H2,1-2H3,(H,26,29). The molecule has 29 heavy (non-hydrogen) atoms. The lowest BCUT2D eigenvalue weighted by atomic mass is 10.1. The maximum Gasteiger partial charge on any atom is 0.242 e. The second kappa shape index (κ2) is 9.93. The lowest BCUT2D eigenvalue weighted by Gasteiger charge is -2.30. The first-order chi connectivity index (χ1) is 13.9. The van der Waals surface area contributed by atoms with Crippen molar-refractivity contribution in [1.29, 1.82) is 0 Å². The van der Waals surface area contributed by atoms with Gasteiger partial charge in [0.25, 0.3) is 0 Å². The molecular weight excluding hydrogens is 384 g/mol. The molecule has 1 fully saturated rings. The zero-order valence-corrected chi connectivity index (χ0v) is 17.9. The molecule has 0 bridgehead atoms. The van der Waals surface area contributed by atoms with Crippen LogP contribution in [-0.4, -0.2) is 28.8 Å². The molecule has 2 amide bonds. The van der Waals surface area contributed by atoms with Crippen molar-refractivity contribution in [3.8, 4) is 0 Å². The van der Waals surface area contributed by atoms with Crippen molar-refractivity contribution in [3.05, 3.63) is 70.2 Å². The first kappa shape index (κ1) is 21.4. The largest absolute Gasteiger partial charge is 0.352 e. The minimum absolute atomic E-state index is 0.0668. The van der Waals surface area contributed by atoms with Crippen molar-refractivity contribution < 1.29 is 9.59 Å². The van der Waals surface area contributed by atoms with Gasteiger partial charge in [-0.05, 0) is 49.9 Å². The van der Waals surface area contributed by atoms with Gasteiger partial charge in [0.2, 0.25) is 11.8 Å². The van der Waals surface area contributed by atoms with Crippen molar-refractivity contribution in [2.75, 3.05) is 0 Å². The highest BCUT2D eigenvalue weighted by atomic mass is 35.5. The van der Waals surface area contributed by atoms with E-state index in [0.717, 1.165) is 42.4 Å². The normalized spacial score (nSPS) is 15.1. The Kier molecular flexibility index (Phi) is 7.32. The Balaban J connectivity index is 1.76. The zero-order chi connectivity index (χ0) is 20.8. The van der Waals surface area contributed by atoms with Crippen LogP contribution in [0.1, 0.15) is 49.3 Å². The van der Waals surface area contributed by atoms with Gasteiger partial charge in [-0.2, -0.15) is 0 Å². The maximum absolute atomic E-state index is 13.2. The van der Waals surface area contributed by atoms with Gasteiger partial charge in [-0.15, -0.1) is 0 Å². The van der Waals surface area contributed by atoms with E-state index in [1.807, 2.05) is 56.3 Å². The fourth-order valence-corrected chi connectivity index (χ4v) is 4.00. The molecule has 0 aromatic heterocycles. The SMILES string of the molecule is Cc1ccc(CC(=O)N(Cc2cccc(Cl)c2)C(C)C(=O)NC2CCCC2)cc1. The average Bonchev–Trinajstić information content (AvgIpc) is 3.20. The maximum atomic E-state index is 13.2. The Morgan fingerprint density at radius 2 is 1.79 bits per heavy atom. The summed E-state index contributed by atoms with van der Waals surface area (Å²) in [6.45, 7) is 4.18. The summed E-state index contributed by atoms with van der Waals surface area (Å²) in [6.07, 6.45) is 4.60. The van der Waals surface area contributed by atoms with E-state index in [-0.39, 0.29) is 24.3 Å². The molecule has 154 valence electrons. The lowest BCUT2D eigenvalue weighted by Crippen LogP contribution is -2.50. The van der Waals surface area contributed by atoms with E-state index in [0.29, 0.717) is 11.6 Å². The van der Waals surface area contributed by atoms with Crippen molar-refractivity contribution in [2.45, 2.75) is 64.6 Å². The fourth-order valence-electron chi connectivity index (χ4n) is 3.79. The number of amides is 2. The van der Waals surface area contributed by atoms with Crippen LogP contribution in [0.3, 0.4) is 0 Å². The number of carbonyl (C=O) groups excluding carboxylic acids is 2. The fraction of sp³-hybridized carbons (Fsp3) is 0.417. The number of carbonyl (C=O) groups is 2. The molecule has 1 N–H and O–H groups in total. The van der Waals surface area contributed by atoms with Crippen LogP contribution in [0.25, 0.3) is 0 Å². The van der Waals surface area contributed by atoms with Crippen LogP contribution >= 0.6 is 11.6 Å². The van der Waals surface area contributed by atoms with Crippen LogP contribution in [0.15, 0.2) is 48.5 Å². The number of nitrogens with one attached hydrogen (secondary N) is 1. The molecule has 0 radical (unpaired) electrons. The molecule has 1 aliphatic rings.